The van der Waals surface area contributed by atoms with Crippen LogP contribution in [-0.4, -0.2) is 36.2 Å². The molecule has 0 amide bonds. The molecule has 0 spiro atoms. The fourth-order valence-electron chi connectivity index (χ4n) is 1.33. The van der Waals surface area contributed by atoms with E-state index in [9.17, 15) is 0 Å². The summed E-state index contributed by atoms with van der Waals surface area (Å²) in [5.74, 6) is 3.06. The lowest BCUT2D eigenvalue weighted by molar-refractivity contribution is 0.225. The molecule has 1 aliphatic rings. The van der Waals surface area contributed by atoms with E-state index in [0.29, 0.717) is 12.5 Å². The summed E-state index contributed by atoms with van der Waals surface area (Å²) in [4.78, 5) is 2.20. The van der Waals surface area contributed by atoms with Crippen LogP contribution in [-0.2, 0) is 0 Å². The van der Waals surface area contributed by atoms with Crippen molar-refractivity contribution in [2.45, 2.75) is 6.42 Å². The summed E-state index contributed by atoms with van der Waals surface area (Å²) < 4.78 is 0. The maximum absolute atomic E-state index is 8.77. The number of hydrogen-bond acceptors (Lipinski definition) is 2. The van der Waals surface area contributed by atoms with Crippen molar-refractivity contribution in [2.75, 3.05) is 26.2 Å². The lowest BCUT2D eigenvalue weighted by Gasteiger charge is -2.10. The second-order valence-electron chi connectivity index (χ2n) is 2.78. The summed E-state index contributed by atoms with van der Waals surface area (Å²) in [6, 6.07) is 0. The van der Waals surface area contributed by atoms with Crippen LogP contribution in [0.1, 0.15) is 6.42 Å². The second kappa shape index (κ2) is 3.60. The number of nitrogens with zero attached hydrogens (tertiary/aromatic N) is 1. The van der Waals surface area contributed by atoms with E-state index in [2.05, 4.69) is 10.8 Å². The molecule has 0 aromatic rings. The summed E-state index contributed by atoms with van der Waals surface area (Å²) in [6.07, 6.45) is 6.24. The van der Waals surface area contributed by atoms with E-state index in [4.69, 9.17) is 11.5 Å². The van der Waals surface area contributed by atoms with Crippen LogP contribution in [0.2, 0.25) is 0 Å². The van der Waals surface area contributed by atoms with Gasteiger partial charge >= 0.3 is 0 Å². The standard InChI is InChI=1S/C8H13NO/c1-2-4-9-5-3-8(6-9)7-10/h1,8,10H,3-7H2/t8-/m1/s1. The summed E-state index contributed by atoms with van der Waals surface area (Å²) in [6.45, 7) is 3.06. The lowest BCUT2D eigenvalue weighted by atomic mass is 10.1. The van der Waals surface area contributed by atoms with Crippen LogP contribution < -0.4 is 0 Å². The second-order valence-corrected chi connectivity index (χ2v) is 2.78. The van der Waals surface area contributed by atoms with E-state index in [1.807, 2.05) is 0 Å². The van der Waals surface area contributed by atoms with Gasteiger partial charge in [0.05, 0.1) is 6.54 Å². The van der Waals surface area contributed by atoms with Gasteiger partial charge in [-0.2, -0.15) is 0 Å². The lowest BCUT2D eigenvalue weighted by Crippen LogP contribution is -2.21. The number of aliphatic hydroxyl groups excluding tert-OH is 1. The Morgan fingerprint density at radius 1 is 1.70 bits per heavy atom. The Morgan fingerprint density at radius 2 is 2.50 bits per heavy atom. The van der Waals surface area contributed by atoms with Gasteiger partial charge in [-0.05, 0) is 18.9 Å². The summed E-state index contributed by atoms with van der Waals surface area (Å²) in [7, 11) is 0. The molecule has 1 saturated heterocycles. The van der Waals surface area contributed by atoms with Gasteiger partial charge in [0.15, 0.2) is 0 Å². The van der Waals surface area contributed by atoms with Gasteiger partial charge in [0.25, 0.3) is 0 Å². The molecule has 0 aromatic carbocycles. The number of terminal acetylenes is 1. The molecule has 0 unspecified atom stereocenters. The molecule has 0 bridgehead atoms. The molecule has 2 nitrogen and oxygen atoms in total. The van der Waals surface area contributed by atoms with Crippen LogP contribution in [0.3, 0.4) is 0 Å². The van der Waals surface area contributed by atoms with Crippen molar-refractivity contribution >= 4 is 0 Å². The third kappa shape index (κ3) is 1.73. The van der Waals surface area contributed by atoms with E-state index in [1.54, 1.807) is 0 Å². The highest BCUT2D eigenvalue weighted by Gasteiger charge is 2.20. The molecule has 0 saturated carbocycles. The fourth-order valence-corrected chi connectivity index (χ4v) is 1.33. The van der Waals surface area contributed by atoms with Gasteiger partial charge in [0.2, 0.25) is 0 Å². The molecule has 0 aliphatic carbocycles. The number of hydrogen-bond donors (Lipinski definition) is 1. The highest BCUT2D eigenvalue weighted by Crippen LogP contribution is 2.13. The van der Waals surface area contributed by atoms with Gasteiger partial charge in [-0.3, -0.25) is 4.90 Å². The van der Waals surface area contributed by atoms with Gasteiger partial charge in [-0.15, -0.1) is 6.42 Å². The number of likely N-dealkylation sites (tertiary alicyclic amines) is 1. The third-order valence-electron chi connectivity index (χ3n) is 1.94. The van der Waals surface area contributed by atoms with Gasteiger partial charge in [0.1, 0.15) is 0 Å². The predicted octanol–water partition coefficient (Wildman–Crippen LogP) is -0.0662. The van der Waals surface area contributed by atoms with E-state index >= 15 is 0 Å². The molecule has 1 N–H and O–H groups in total. The molecule has 2 heteroatoms. The van der Waals surface area contributed by atoms with Crippen molar-refractivity contribution in [3.05, 3.63) is 0 Å². The average Bonchev–Trinajstić information content (AvgIpc) is 2.37. The number of rotatable bonds is 2. The van der Waals surface area contributed by atoms with Crippen molar-refractivity contribution in [2.24, 2.45) is 5.92 Å². The molecule has 1 rings (SSSR count). The first-order valence-electron chi connectivity index (χ1n) is 3.63. The summed E-state index contributed by atoms with van der Waals surface area (Å²) >= 11 is 0. The molecule has 1 heterocycles. The van der Waals surface area contributed by atoms with E-state index < -0.39 is 0 Å². The van der Waals surface area contributed by atoms with Crippen LogP contribution in [0, 0.1) is 18.3 Å². The van der Waals surface area contributed by atoms with Crippen molar-refractivity contribution in [1.29, 1.82) is 0 Å². The topological polar surface area (TPSA) is 23.5 Å². The van der Waals surface area contributed by atoms with Crippen molar-refractivity contribution in [1.82, 2.24) is 4.90 Å². The maximum Gasteiger partial charge on any atom is 0.0599 e. The Bertz CT molecular complexity index is 139. The quantitative estimate of drug-likeness (QED) is 0.541. The molecule has 56 valence electrons. The van der Waals surface area contributed by atoms with E-state index in [0.717, 1.165) is 26.1 Å². The Balaban J connectivity index is 2.23. The monoisotopic (exact) mass is 139 g/mol. The van der Waals surface area contributed by atoms with Crippen LogP contribution in [0.15, 0.2) is 0 Å². The molecule has 1 fully saturated rings. The molecule has 1 aliphatic heterocycles. The third-order valence-corrected chi connectivity index (χ3v) is 1.94. The van der Waals surface area contributed by atoms with Gasteiger partial charge in [-0.1, -0.05) is 5.92 Å². The zero-order chi connectivity index (χ0) is 7.40. The first kappa shape index (κ1) is 7.59. The van der Waals surface area contributed by atoms with Gasteiger partial charge in [-0.25, -0.2) is 0 Å². The highest BCUT2D eigenvalue weighted by atomic mass is 16.3. The smallest absolute Gasteiger partial charge is 0.0599 e. The molecular formula is C8H13NO. The van der Waals surface area contributed by atoms with Gasteiger partial charge in [0, 0.05) is 13.2 Å². The SMILES string of the molecule is C#CCN1CC[C@@H](CO)C1. The van der Waals surface area contributed by atoms with Crippen molar-refractivity contribution in [3.8, 4) is 12.3 Å². The minimum absolute atomic E-state index is 0.307. The van der Waals surface area contributed by atoms with Crippen molar-refractivity contribution < 1.29 is 5.11 Å². The zero-order valence-electron chi connectivity index (χ0n) is 6.08. The highest BCUT2D eigenvalue weighted by molar-refractivity contribution is 4.90. The molecule has 0 radical (unpaired) electrons. The van der Waals surface area contributed by atoms with Crippen LogP contribution in [0.5, 0.6) is 0 Å². The average molecular weight is 139 g/mol. The van der Waals surface area contributed by atoms with Gasteiger partial charge < -0.3 is 5.11 Å². The molecule has 10 heavy (non-hydrogen) atoms. The molecule has 1 atom stereocenters. The summed E-state index contributed by atoms with van der Waals surface area (Å²) in [5.41, 5.74) is 0. The Kier molecular flexibility index (Phi) is 2.73. The Morgan fingerprint density at radius 3 is 3.00 bits per heavy atom. The number of aliphatic hydroxyl groups is 1. The predicted molar refractivity (Wildman–Crippen MR) is 40.5 cm³/mol. The normalized spacial score (nSPS) is 26.6. The first-order valence-corrected chi connectivity index (χ1v) is 3.63. The minimum atomic E-state index is 0.307. The Hall–Kier alpha value is -0.520. The Labute approximate surface area is 61.8 Å². The summed E-state index contributed by atoms with van der Waals surface area (Å²) in [5, 5.41) is 8.77. The maximum atomic E-state index is 8.77. The van der Waals surface area contributed by atoms with Crippen LogP contribution in [0.25, 0.3) is 0 Å². The molecule has 0 aromatic heterocycles. The fraction of sp³-hybridized carbons (Fsp3) is 0.750. The first-order chi connectivity index (χ1) is 4.86. The van der Waals surface area contributed by atoms with E-state index in [-0.39, 0.29) is 0 Å². The zero-order valence-corrected chi connectivity index (χ0v) is 6.08. The largest absolute Gasteiger partial charge is 0.396 e. The van der Waals surface area contributed by atoms with E-state index in [1.165, 1.54) is 0 Å². The molecular weight excluding hydrogens is 126 g/mol. The van der Waals surface area contributed by atoms with Crippen LogP contribution in [0.4, 0.5) is 0 Å². The van der Waals surface area contributed by atoms with Crippen LogP contribution >= 0.6 is 0 Å². The minimum Gasteiger partial charge on any atom is -0.396 e. The van der Waals surface area contributed by atoms with Crippen molar-refractivity contribution in [3.63, 3.8) is 0 Å².